The Morgan fingerprint density at radius 2 is 1.45 bits per heavy atom. The van der Waals surface area contributed by atoms with Gasteiger partial charge in [0.1, 0.15) is 5.70 Å². The molecule has 3 rings (SSSR count). The van der Waals surface area contributed by atoms with E-state index in [2.05, 4.69) is 26.6 Å². The van der Waals surface area contributed by atoms with E-state index >= 15 is 0 Å². The Morgan fingerprint density at radius 1 is 0.848 bits per heavy atom. The number of ether oxygens (including phenoxy) is 3. The summed E-state index contributed by atoms with van der Waals surface area (Å²) in [6, 6.07) is 19.2. The van der Waals surface area contributed by atoms with Gasteiger partial charge >= 0.3 is 0 Å². The van der Waals surface area contributed by atoms with E-state index in [1.807, 2.05) is 12.1 Å². The molecule has 33 heavy (non-hydrogen) atoms. The molecule has 0 saturated heterocycles. The maximum absolute atomic E-state index is 13.2. The number of rotatable bonds is 8. The Bertz CT molecular complexity index is 1150. The maximum atomic E-state index is 13.2. The van der Waals surface area contributed by atoms with Gasteiger partial charge in [-0.25, -0.2) is 0 Å². The number of anilines is 1. The SMILES string of the molecule is COc1cc(/C=C(/NC(=O)c2ccccc2)C(=O)Nc2ccccc2Br)cc(OC)c1OC. The molecule has 0 aromatic heterocycles. The van der Waals surface area contributed by atoms with Crippen molar-refractivity contribution in [3.8, 4) is 17.2 Å². The van der Waals surface area contributed by atoms with Gasteiger partial charge in [-0.3, -0.25) is 9.59 Å². The molecular formula is C25H23BrN2O5. The summed E-state index contributed by atoms with van der Waals surface area (Å²) < 4.78 is 16.9. The minimum absolute atomic E-state index is 0.0360. The first-order valence-electron chi connectivity index (χ1n) is 9.90. The van der Waals surface area contributed by atoms with Crippen molar-refractivity contribution in [2.24, 2.45) is 0 Å². The van der Waals surface area contributed by atoms with Gasteiger partial charge in [0, 0.05) is 10.0 Å². The quantitative estimate of drug-likeness (QED) is 0.421. The van der Waals surface area contributed by atoms with Crippen LogP contribution in [0.1, 0.15) is 15.9 Å². The third kappa shape index (κ3) is 5.93. The topological polar surface area (TPSA) is 85.9 Å². The normalized spacial score (nSPS) is 10.8. The number of halogens is 1. The van der Waals surface area contributed by atoms with Gasteiger partial charge in [0.15, 0.2) is 11.5 Å². The predicted molar refractivity (Wildman–Crippen MR) is 131 cm³/mol. The Hall–Kier alpha value is -3.78. The average Bonchev–Trinajstić information content (AvgIpc) is 2.84. The molecule has 0 saturated carbocycles. The van der Waals surface area contributed by atoms with E-state index in [4.69, 9.17) is 14.2 Å². The van der Waals surface area contributed by atoms with E-state index in [-0.39, 0.29) is 5.70 Å². The second kappa shape index (κ2) is 11.2. The molecule has 170 valence electrons. The molecule has 0 spiro atoms. The smallest absolute Gasteiger partial charge is 0.272 e. The number of benzene rings is 3. The molecule has 2 N–H and O–H groups in total. The van der Waals surface area contributed by atoms with Crippen LogP contribution >= 0.6 is 15.9 Å². The first kappa shape index (κ1) is 23.9. The highest BCUT2D eigenvalue weighted by Crippen LogP contribution is 2.38. The van der Waals surface area contributed by atoms with Crippen molar-refractivity contribution in [3.05, 3.63) is 88.0 Å². The number of para-hydroxylation sites is 1. The molecular weight excluding hydrogens is 488 g/mol. The van der Waals surface area contributed by atoms with E-state index < -0.39 is 11.8 Å². The van der Waals surface area contributed by atoms with Gasteiger partial charge in [-0.15, -0.1) is 0 Å². The maximum Gasteiger partial charge on any atom is 0.272 e. The standard InChI is InChI=1S/C25H23BrN2O5/c1-31-21-14-16(15-22(32-2)23(21)33-3)13-20(28-24(29)17-9-5-4-6-10-17)25(30)27-19-12-8-7-11-18(19)26/h4-15H,1-3H3,(H,27,30)(H,28,29)/b20-13+. The van der Waals surface area contributed by atoms with E-state index in [1.165, 1.54) is 27.4 Å². The van der Waals surface area contributed by atoms with E-state index in [9.17, 15) is 9.59 Å². The summed E-state index contributed by atoms with van der Waals surface area (Å²) in [5.74, 6) is 0.340. The van der Waals surface area contributed by atoms with Crippen LogP contribution in [0.4, 0.5) is 5.69 Å². The second-order valence-electron chi connectivity index (χ2n) is 6.77. The summed E-state index contributed by atoms with van der Waals surface area (Å²) in [7, 11) is 4.51. The molecule has 7 nitrogen and oxygen atoms in total. The van der Waals surface area contributed by atoms with Crippen LogP contribution in [0.3, 0.4) is 0 Å². The number of hydrogen-bond donors (Lipinski definition) is 2. The lowest BCUT2D eigenvalue weighted by Crippen LogP contribution is -2.30. The summed E-state index contributed by atoms with van der Waals surface area (Å²) in [4.78, 5) is 26.0. The lowest BCUT2D eigenvalue weighted by Gasteiger charge is -2.15. The summed E-state index contributed by atoms with van der Waals surface area (Å²) in [6.07, 6.45) is 1.54. The van der Waals surface area contributed by atoms with E-state index in [0.717, 1.165) is 0 Å². The van der Waals surface area contributed by atoms with Crippen molar-refractivity contribution in [1.82, 2.24) is 5.32 Å². The fourth-order valence-electron chi connectivity index (χ4n) is 3.05. The van der Waals surface area contributed by atoms with Crippen LogP contribution in [0.25, 0.3) is 6.08 Å². The largest absolute Gasteiger partial charge is 0.493 e. The van der Waals surface area contributed by atoms with Crippen LogP contribution < -0.4 is 24.8 Å². The molecule has 3 aromatic carbocycles. The Morgan fingerprint density at radius 3 is 2.03 bits per heavy atom. The van der Waals surface area contributed by atoms with Gasteiger partial charge in [-0.1, -0.05) is 30.3 Å². The third-order valence-corrected chi connectivity index (χ3v) is 5.34. The van der Waals surface area contributed by atoms with Crippen molar-refractivity contribution in [1.29, 1.82) is 0 Å². The van der Waals surface area contributed by atoms with Crippen LogP contribution in [-0.2, 0) is 4.79 Å². The van der Waals surface area contributed by atoms with Crippen molar-refractivity contribution in [2.75, 3.05) is 26.6 Å². The highest BCUT2D eigenvalue weighted by molar-refractivity contribution is 9.10. The number of carbonyl (C=O) groups is 2. The van der Waals surface area contributed by atoms with Gasteiger partial charge in [-0.2, -0.15) is 0 Å². The number of nitrogens with one attached hydrogen (secondary N) is 2. The molecule has 0 aliphatic carbocycles. The van der Waals surface area contributed by atoms with Gasteiger partial charge in [0.05, 0.1) is 27.0 Å². The zero-order valence-corrected chi connectivity index (χ0v) is 19.9. The molecule has 2 amide bonds. The van der Waals surface area contributed by atoms with Crippen LogP contribution in [0.15, 0.2) is 76.9 Å². The predicted octanol–water partition coefficient (Wildman–Crippen LogP) is 4.88. The number of methoxy groups -OCH3 is 3. The number of carbonyl (C=O) groups excluding carboxylic acids is 2. The Balaban J connectivity index is 2.02. The second-order valence-corrected chi connectivity index (χ2v) is 7.63. The number of amides is 2. The minimum Gasteiger partial charge on any atom is -0.493 e. The monoisotopic (exact) mass is 510 g/mol. The van der Waals surface area contributed by atoms with Gasteiger partial charge in [-0.05, 0) is 64.0 Å². The van der Waals surface area contributed by atoms with Crippen LogP contribution in [0, 0.1) is 0 Å². The Labute approximate surface area is 200 Å². The summed E-state index contributed by atoms with van der Waals surface area (Å²) in [6.45, 7) is 0. The summed E-state index contributed by atoms with van der Waals surface area (Å²) in [5.41, 5.74) is 1.58. The third-order valence-electron chi connectivity index (χ3n) is 4.65. The molecule has 0 bridgehead atoms. The molecule has 0 radical (unpaired) electrons. The van der Waals surface area contributed by atoms with Crippen LogP contribution in [0.5, 0.6) is 17.2 Å². The molecule has 0 heterocycles. The fraction of sp³-hybridized carbons (Fsp3) is 0.120. The van der Waals surface area contributed by atoms with Gasteiger partial charge < -0.3 is 24.8 Å². The highest BCUT2D eigenvalue weighted by atomic mass is 79.9. The zero-order chi connectivity index (χ0) is 23.8. The average molecular weight is 511 g/mol. The molecule has 0 aliphatic rings. The summed E-state index contributed by atoms with van der Waals surface area (Å²) in [5, 5.41) is 5.52. The fourth-order valence-corrected chi connectivity index (χ4v) is 3.43. The molecule has 0 aliphatic heterocycles. The van der Waals surface area contributed by atoms with Crippen molar-refractivity contribution in [3.63, 3.8) is 0 Å². The lowest BCUT2D eigenvalue weighted by molar-refractivity contribution is -0.113. The first-order chi connectivity index (χ1) is 16.0. The highest BCUT2D eigenvalue weighted by Gasteiger charge is 2.18. The number of hydrogen-bond acceptors (Lipinski definition) is 5. The van der Waals surface area contributed by atoms with Crippen molar-refractivity contribution in [2.45, 2.75) is 0 Å². The van der Waals surface area contributed by atoms with Gasteiger partial charge in [0.2, 0.25) is 5.75 Å². The molecule has 0 fully saturated rings. The van der Waals surface area contributed by atoms with E-state index in [0.29, 0.717) is 38.5 Å². The molecule has 3 aromatic rings. The molecule has 8 heteroatoms. The lowest BCUT2D eigenvalue weighted by atomic mass is 10.1. The zero-order valence-electron chi connectivity index (χ0n) is 18.3. The minimum atomic E-state index is -0.500. The van der Waals surface area contributed by atoms with Gasteiger partial charge in [0.25, 0.3) is 11.8 Å². The Kier molecular flexibility index (Phi) is 8.10. The molecule has 0 atom stereocenters. The van der Waals surface area contributed by atoms with Crippen molar-refractivity contribution >= 4 is 39.5 Å². The van der Waals surface area contributed by atoms with Crippen LogP contribution in [0.2, 0.25) is 0 Å². The summed E-state index contributed by atoms with van der Waals surface area (Å²) >= 11 is 3.41. The van der Waals surface area contributed by atoms with E-state index in [1.54, 1.807) is 54.6 Å². The molecule has 0 unspecified atom stereocenters. The van der Waals surface area contributed by atoms with Crippen LogP contribution in [-0.4, -0.2) is 33.1 Å². The van der Waals surface area contributed by atoms with Crippen molar-refractivity contribution < 1.29 is 23.8 Å². The first-order valence-corrected chi connectivity index (χ1v) is 10.7.